The van der Waals surface area contributed by atoms with Gasteiger partial charge in [-0.2, -0.15) is 0 Å². The van der Waals surface area contributed by atoms with Crippen molar-refractivity contribution in [3.05, 3.63) is 12.2 Å². The van der Waals surface area contributed by atoms with Crippen LogP contribution in [-0.2, 0) is 4.43 Å². The summed E-state index contributed by atoms with van der Waals surface area (Å²) in [6.07, 6.45) is 9.96. The standard InChI is InChI=1S/C11H24OSi/c1-5-6-7-8-9-10-11(2)12-13(3)4/h9-11,13H,5-8H2,1-4H3. The van der Waals surface area contributed by atoms with Gasteiger partial charge in [-0.1, -0.05) is 31.9 Å². The summed E-state index contributed by atoms with van der Waals surface area (Å²) in [5.41, 5.74) is 0. The third kappa shape index (κ3) is 9.83. The van der Waals surface area contributed by atoms with Crippen LogP contribution in [0.1, 0.15) is 39.5 Å². The van der Waals surface area contributed by atoms with Crippen LogP contribution in [0.25, 0.3) is 0 Å². The summed E-state index contributed by atoms with van der Waals surface area (Å²) >= 11 is 0. The summed E-state index contributed by atoms with van der Waals surface area (Å²) in [6, 6.07) is 0. The Kier molecular flexibility index (Phi) is 8.46. The van der Waals surface area contributed by atoms with Crippen LogP contribution in [0.2, 0.25) is 13.1 Å². The van der Waals surface area contributed by atoms with E-state index >= 15 is 0 Å². The van der Waals surface area contributed by atoms with E-state index in [1.165, 1.54) is 25.7 Å². The van der Waals surface area contributed by atoms with Crippen LogP contribution in [0.15, 0.2) is 12.2 Å². The van der Waals surface area contributed by atoms with Gasteiger partial charge in [0.15, 0.2) is 9.04 Å². The van der Waals surface area contributed by atoms with Gasteiger partial charge in [-0.15, -0.1) is 0 Å². The predicted molar refractivity (Wildman–Crippen MR) is 62.7 cm³/mol. The topological polar surface area (TPSA) is 9.23 Å². The molecule has 0 aromatic heterocycles. The highest BCUT2D eigenvalue weighted by atomic mass is 28.3. The molecule has 78 valence electrons. The van der Waals surface area contributed by atoms with Gasteiger partial charge in [0.2, 0.25) is 0 Å². The van der Waals surface area contributed by atoms with Crippen molar-refractivity contribution in [1.29, 1.82) is 0 Å². The van der Waals surface area contributed by atoms with E-state index in [4.69, 9.17) is 4.43 Å². The van der Waals surface area contributed by atoms with Crippen molar-refractivity contribution >= 4 is 9.04 Å². The zero-order chi connectivity index (χ0) is 10.1. The van der Waals surface area contributed by atoms with Gasteiger partial charge in [-0.05, 0) is 32.9 Å². The molecule has 0 bridgehead atoms. The first-order chi connectivity index (χ1) is 6.16. The molecule has 0 aliphatic carbocycles. The second-order valence-electron chi connectivity index (χ2n) is 3.81. The Morgan fingerprint density at radius 1 is 1.31 bits per heavy atom. The minimum atomic E-state index is -0.845. The van der Waals surface area contributed by atoms with Gasteiger partial charge in [0.1, 0.15) is 0 Å². The average molecular weight is 200 g/mol. The molecule has 0 fully saturated rings. The molecule has 1 nitrogen and oxygen atoms in total. The summed E-state index contributed by atoms with van der Waals surface area (Å²) in [5, 5.41) is 0. The van der Waals surface area contributed by atoms with Gasteiger partial charge in [0.25, 0.3) is 0 Å². The normalized spacial score (nSPS) is 14.2. The fourth-order valence-corrected chi connectivity index (χ4v) is 2.22. The van der Waals surface area contributed by atoms with Crippen molar-refractivity contribution in [2.24, 2.45) is 0 Å². The molecule has 1 unspecified atom stereocenters. The van der Waals surface area contributed by atoms with Crippen LogP contribution < -0.4 is 0 Å². The minimum Gasteiger partial charge on any atom is -0.415 e. The van der Waals surface area contributed by atoms with E-state index in [0.717, 1.165) is 0 Å². The second kappa shape index (κ2) is 8.51. The Morgan fingerprint density at radius 3 is 2.54 bits per heavy atom. The number of hydrogen-bond acceptors (Lipinski definition) is 1. The molecule has 0 rings (SSSR count). The maximum absolute atomic E-state index is 5.71. The highest BCUT2D eigenvalue weighted by Gasteiger charge is 1.99. The van der Waals surface area contributed by atoms with E-state index in [0.29, 0.717) is 6.10 Å². The van der Waals surface area contributed by atoms with Crippen LogP contribution >= 0.6 is 0 Å². The lowest BCUT2D eigenvalue weighted by Gasteiger charge is -2.11. The van der Waals surface area contributed by atoms with Crippen LogP contribution in [0.5, 0.6) is 0 Å². The van der Waals surface area contributed by atoms with Crippen molar-refractivity contribution in [2.75, 3.05) is 0 Å². The first-order valence-electron chi connectivity index (χ1n) is 5.49. The molecule has 0 heterocycles. The smallest absolute Gasteiger partial charge is 0.171 e. The molecule has 0 aliphatic rings. The Morgan fingerprint density at radius 2 is 2.00 bits per heavy atom. The molecule has 0 saturated carbocycles. The van der Waals surface area contributed by atoms with Gasteiger partial charge in [0, 0.05) is 0 Å². The molecule has 0 saturated heterocycles. The number of unbranched alkanes of at least 4 members (excludes halogenated alkanes) is 3. The SMILES string of the molecule is CCCCCC=CC(C)O[SiH](C)C. The lowest BCUT2D eigenvalue weighted by atomic mass is 10.2. The summed E-state index contributed by atoms with van der Waals surface area (Å²) in [6.45, 7) is 8.78. The van der Waals surface area contributed by atoms with Crippen LogP contribution in [-0.4, -0.2) is 15.1 Å². The largest absolute Gasteiger partial charge is 0.415 e. The molecule has 0 spiro atoms. The van der Waals surface area contributed by atoms with E-state index in [1.54, 1.807) is 0 Å². The third-order valence-electron chi connectivity index (χ3n) is 1.87. The Hall–Kier alpha value is -0.0831. The molecular weight excluding hydrogens is 176 g/mol. The second-order valence-corrected chi connectivity index (χ2v) is 6.18. The zero-order valence-corrected chi connectivity index (χ0v) is 10.7. The molecule has 0 N–H and O–H groups in total. The summed E-state index contributed by atoms with van der Waals surface area (Å²) in [7, 11) is -0.845. The van der Waals surface area contributed by atoms with Gasteiger partial charge in [0.05, 0.1) is 6.10 Å². The van der Waals surface area contributed by atoms with Crippen molar-refractivity contribution in [2.45, 2.75) is 58.7 Å². The molecule has 0 aromatic rings. The van der Waals surface area contributed by atoms with E-state index in [2.05, 4.69) is 39.1 Å². The fraction of sp³-hybridized carbons (Fsp3) is 0.818. The van der Waals surface area contributed by atoms with Gasteiger partial charge in [-0.3, -0.25) is 0 Å². The summed E-state index contributed by atoms with van der Waals surface area (Å²) in [5.74, 6) is 0. The van der Waals surface area contributed by atoms with Crippen molar-refractivity contribution in [3.8, 4) is 0 Å². The lowest BCUT2D eigenvalue weighted by Crippen LogP contribution is -2.15. The summed E-state index contributed by atoms with van der Waals surface area (Å²) in [4.78, 5) is 0. The van der Waals surface area contributed by atoms with Crippen molar-refractivity contribution in [3.63, 3.8) is 0 Å². The van der Waals surface area contributed by atoms with Crippen LogP contribution in [0.4, 0.5) is 0 Å². The van der Waals surface area contributed by atoms with Crippen LogP contribution in [0, 0.1) is 0 Å². The maximum Gasteiger partial charge on any atom is 0.171 e. The Labute approximate surface area is 84.9 Å². The molecule has 0 aliphatic heterocycles. The Bertz CT molecular complexity index is 132. The van der Waals surface area contributed by atoms with Crippen molar-refractivity contribution < 1.29 is 4.43 Å². The van der Waals surface area contributed by atoms with Gasteiger partial charge in [-0.25, -0.2) is 0 Å². The highest BCUT2D eigenvalue weighted by molar-refractivity contribution is 6.48. The number of hydrogen-bond donors (Lipinski definition) is 0. The number of allylic oxidation sites excluding steroid dienone is 1. The monoisotopic (exact) mass is 200 g/mol. The first kappa shape index (κ1) is 12.9. The van der Waals surface area contributed by atoms with E-state index in [-0.39, 0.29) is 0 Å². The van der Waals surface area contributed by atoms with E-state index in [1.807, 2.05) is 0 Å². The first-order valence-corrected chi connectivity index (χ1v) is 8.27. The van der Waals surface area contributed by atoms with E-state index < -0.39 is 9.04 Å². The molecule has 0 aromatic carbocycles. The van der Waals surface area contributed by atoms with Gasteiger partial charge < -0.3 is 4.43 Å². The molecule has 0 amide bonds. The fourth-order valence-electron chi connectivity index (χ4n) is 1.27. The molecule has 13 heavy (non-hydrogen) atoms. The summed E-state index contributed by atoms with van der Waals surface area (Å²) < 4.78 is 5.71. The van der Waals surface area contributed by atoms with E-state index in [9.17, 15) is 0 Å². The van der Waals surface area contributed by atoms with Gasteiger partial charge >= 0.3 is 0 Å². The average Bonchev–Trinajstić information content (AvgIpc) is 2.02. The maximum atomic E-state index is 5.71. The molecule has 2 heteroatoms. The third-order valence-corrected chi connectivity index (χ3v) is 2.84. The quantitative estimate of drug-likeness (QED) is 0.347. The minimum absolute atomic E-state index is 0.327. The molecular formula is C11H24OSi. The van der Waals surface area contributed by atoms with Crippen LogP contribution in [0.3, 0.4) is 0 Å². The number of rotatable bonds is 7. The highest BCUT2D eigenvalue weighted by Crippen LogP contribution is 2.02. The lowest BCUT2D eigenvalue weighted by molar-refractivity contribution is 0.276. The Balaban J connectivity index is 3.36. The zero-order valence-electron chi connectivity index (χ0n) is 9.55. The molecule has 1 atom stereocenters. The van der Waals surface area contributed by atoms with Crippen molar-refractivity contribution in [1.82, 2.24) is 0 Å². The molecule has 0 radical (unpaired) electrons. The predicted octanol–water partition coefficient (Wildman–Crippen LogP) is 3.51.